The van der Waals surface area contributed by atoms with E-state index in [9.17, 15) is 20.1 Å². The van der Waals surface area contributed by atoms with Crippen molar-refractivity contribution in [1.29, 1.82) is 0 Å². The van der Waals surface area contributed by atoms with Gasteiger partial charge in [0.15, 0.2) is 0 Å². The first-order valence-electron chi connectivity index (χ1n) is 13.1. The van der Waals surface area contributed by atoms with Gasteiger partial charge in [-0.25, -0.2) is 0 Å². The lowest BCUT2D eigenvalue weighted by Gasteiger charge is -2.66. The molecular formula is C28H46O4. The van der Waals surface area contributed by atoms with Gasteiger partial charge in [0, 0.05) is 17.3 Å². The minimum atomic E-state index is -1.18. The molecule has 4 heteroatoms. The predicted octanol–water partition coefficient (Wildman–Crippen LogP) is 4.90. The van der Waals surface area contributed by atoms with Gasteiger partial charge in [-0.05, 0) is 74.5 Å². The summed E-state index contributed by atoms with van der Waals surface area (Å²) in [6.07, 6.45) is 9.44. The molecule has 0 aliphatic heterocycles. The highest BCUT2D eigenvalue weighted by atomic mass is 16.3. The maximum absolute atomic E-state index is 13.6. The molecule has 0 heterocycles. The normalized spacial score (nSPS) is 50.8. The van der Waals surface area contributed by atoms with Crippen LogP contribution in [-0.2, 0) is 4.79 Å². The van der Waals surface area contributed by atoms with Crippen LogP contribution in [0.25, 0.3) is 0 Å². The van der Waals surface area contributed by atoms with E-state index in [2.05, 4.69) is 53.7 Å². The summed E-state index contributed by atoms with van der Waals surface area (Å²) in [6.45, 7) is 13.3. The summed E-state index contributed by atoms with van der Waals surface area (Å²) >= 11 is 0. The number of rotatable bonds is 4. The van der Waals surface area contributed by atoms with Crippen molar-refractivity contribution in [1.82, 2.24) is 0 Å². The number of hydrogen-bond acceptors (Lipinski definition) is 4. The second kappa shape index (κ2) is 7.92. The molecule has 4 nitrogen and oxygen atoms in total. The lowest BCUT2D eigenvalue weighted by Crippen LogP contribution is -2.74. The van der Waals surface area contributed by atoms with Crippen LogP contribution in [0.15, 0.2) is 12.2 Å². The molecule has 0 aromatic rings. The fraction of sp³-hybridized carbons (Fsp3) is 0.893. The van der Waals surface area contributed by atoms with Gasteiger partial charge in [-0.15, -0.1) is 0 Å². The second-order valence-electron chi connectivity index (χ2n) is 12.9. The van der Waals surface area contributed by atoms with Crippen LogP contribution in [0.2, 0.25) is 0 Å². The first-order chi connectivity index (χ1) is 14.8. The third kappa shape index (κ3) is 3.22. The lowest BCUT2D eigenvalue weighted by atomic mass is 9.40. The molecule has 4 saturated carbocycles. The van der Waals surface area contributed by atoms with Crippen LogP contribution in [0.3, 0.4) is 0 Å². The minimum absolute atomic E-state index is 0.00420. The maximum atomic E-state index is 13.6. The Labute approximate surface area is 194 Å². The van der Waals surface area contributed by atoms with E-state index < -0.39 is 22.5 Å². The smallest absolute Gasteiger partial charge is 0.142 e. The molecule has 10 atom stereocenters. The van der Waals surface area contributed by atoms with E-state index in [0.717, 1.165) is 19.3 Å². The van der Waals surface area contributed by atoms with Crippen molar-refractivity contribution in [2.45, 2.75) is 110 Å². The average molecular weight is 447 g/mol. The molecule has 0 radical (unpaired) electrons. The van der Waals surface area contributed by atoms with Crippen molar-refractivity contribution in [3.63, 3.8) is 0 Å². The highest BCUT2D eigenvalue weighted by Gasteiger charge is 2.75. The van der Waals surface area contributed by atoms with Gasteiger partial charge >= 0.3 is 0 Å². The Hall–Kier alpha value is -0.710. The number of carbonyl (C=O) groups is 1. The summed E-state index contributed by atoms with van der Waals surface area (Å²) in [5.74, 6) is 1.06. The quantitative estimate of drug-likeness (QED) is 0.537. The molecule has 0 saturated heterocycles. The molecule has 4 aliphatic rings. The Bertz CT molecular complexity index is 775. The predicted molar refractivity (Wildman–Crippen MR) is 127 cm³/mol. The molecule has 3 unspecified atom stereocenters. The number of hydrogen-bond donors (Lipinski definition) is 3. The minimum Gasteiger partial charge on any atom is -0.393 e. The standard InChI is InChI=1S/C28H46O4/c1-17(2)18(3)7-8-19(4)22-10-12-27(31)24-23(30)16-20-15-21(29)9-11-25(20,5)28(24,32)14-13-26(22,27)6/h7-8,17-22,24,29,31-32H,9-16H2,1-6H3/b8-7+/t18-,19?,20?,21-,22-,24?,25-,26+,27+,28+/m0/s1. The summed E-state index contributed by atoms with van der Waals surface area (Å²) in [6, 6.07) is 0. The summed E-state index contributed by atoms with van der Waals surface area (Å²) in [5, 5.41) is 34.7. The van der Waals surface area contributed by atoms with Crippen molar-refractivity contribution < 1.29 is 20.1 Å². The molecule has 182 valence electrons. The topological polar surface area (TPSA) is 77.8 Å². The van der Waals surface area contributed by atoms with Crippen LogP contribution < -0.4 is 0 Å². The van der Waals surface area contributed by atoms with Crippen molar-refractivity contribution in [3.05, 3.63) is 12.2 Å². The van der Waals surface area contributed by atoms with Gasteiger partial charge in [0.2, 0.25) is 0 Å². The summed E-state index contributed by atoms with van der Waals surface area (Å²) in [7, 11) is 0. The van der Waals surface area contributed by atoms with Gasteiger partial charge in [-0.1, -0.05) is 53.7 Å². The summed E-state index contributed by atoms with van der Waals surface area (Å²) in [5.41, 5.74) is -3.13. The highest BCUT2D eigenvalue weighted by Crippen LogP contribution is 2.70. The number of fused-ring (bicyclic) bond motifs is 5. The van der Waals surface area contributed by atoms with E-state index in [1.807, 2.05) is 0 Å². The molecule has 3 N–H and O–H groups in total. The first kappa shape index (κ1) is 24.4. The first-order valence-corrected chi connectivity index (χ1v) is 13.1. The highest BCUT2D eigenvalue weighted by molar-refractivity contribution is 5.86. The number of allylic oxidation sites excluding steroid dienone is 2. The number of aliphatic hydroxyl groups is 3. The third-order valence-corrected chi connectivity index (χ3v) is 11.2. The maximum Gasteiger partial charge on any atom is 0.142 e. The Kier molecular flexibility index (Phi) is 6.04. The molecule has 0 amide bonds. The van der Waals surface area contributed by atoms with Crippen LogP contribution in [0.1, 0.15) is 92.9 Å². The van der Waals surface area contributed by atoms with Gasteiger partial charge < -0.3 is 15.3 Å². The van der Waals surface area contributed by atoms with E-state index in [1.54, 1.807) is 0 Å². The summed E-state index contributed by atoms with van der Waals surface area (Å²) in [4.78, 5) is 13.6. The Balaban J connectivity index is 1.66. The zero-order valence-corrected chi connectivity index (χ0v) is 21.1. The monoisotopic (exact) mass is 446 g/mol. The molecule has 4 fully saturated rings. The van der Waals surface area contributed by atoms with E-state index in [0.29, 0.717) is 55.8 Å². The number of aliphatic hydroxyl groups excluding tert-OH is 1. The zero-order valence-electron chi connectivity index (χ0n) is 21.1. The molecule has 4 rings (SSSR count). The van der Waals surface area contributed by atoms with Crippen LogP contribution in [-0.4, -0.2) is 38.4 Å². The lowest BCUT2D eigenvalue weighted by molar-refractivity contribution is -0.274. The molecule has 0 spiro atoms. The van der Waals surface area contributed by atoms with E-state index in [4.69, 9.17) is 0 Å². The average Bonchev–Trinajstić information content (AvgIpc) is 2.99. The van der Waals surface area contributed by atoms with E-state index >= 15 is 0 Å². The van der Waals surface area contributed by atoms with Crippen molar-refractivity contribution >= 4 is 5.78 Å². The number of ketones is 1. The number of Topliss-reactive ketones (excluding diaryl/α,β-unsaturated/α-hetero) is 1. The van der Waals surface area contributed by atoms with Crippen LogP contribution in [0.4, 0.5) is 0 Å². The third-order valence-electron chi connectivity index (χ3n) is 11.2. The van der Waals surface area contributed by atoms with Crippen LogP contribution >= 0.6 is 0 Å². The molecular weight excluding hydrogens is 400 g/mol. The zero-order chi connectivity index (χ0) is 23.7. The SMILES string of the molecule is CC(C)[C@@H](C)/C=C/C(C)[C@@H]1CC[C@@]2(O)C3C(=O)CC4C[C@@H](O)CC[C@]4(C)[C@@]3(O)CC[C@]12C. The van der Waals surface area contributed by atoms with Crippen LogP contribution in [0, 0.1) is 46.3 Å². The van der Waals surface area contributed by atoms with E-state index in [1.165, 1.54) is 0 Å². The molecule has 32 heavy (non-hydrogen) atoms. The summed E-state index contributed by atoms with van der Waals surface area (Å²) < 4.78 is 0. The molecule has 0 aromatic carbocycles. The van der Waals surface area contributed by atoms with Gasteiger partial charge in [0.05, 0.1) is 23.2 Å². The second-order valence-corrected chi connectivity index (χ2v) is 12.9. The fourth-order valence-electron chi connectivity index (χ4n) is 8.48. The van der Waals surface area contributed by atoms with Crippen molar-refractivity contribution in [2.24, 2.45) is 46.3 Å². The van der Waals surface area contributed by atoms with Gasteiger partial charge in [0.25, 0.3) is 0 Å². The van der Waals surface area contributed by atoms with Crippen molar-refractivity contribution in [2.75, 3.05) is 0 Å². The Morgan fingerprint density at radius 3 is 2.22 bits per heavy atom. The van der Waals surface area contributed by atoms with E-state index in [-0.39, 0.29) is 23.2 Å². The van der Waals surface area contributed by atoms with Crippen LogP contribution in [0.5, 0.6) is 0 Å². The van der Waals surface area contributed by atoms with Crippen molar-refractivity contribution in [3.8, 4) is 0 Å². The molecule has 0 bridgehead atoms. The fourth-order valence-corrected chi connectivity index (χ4v) is 8.48. The number of carbonyl (C=O) groups excluding carboxylic acids is 1. The Morgan fingerprint density at radius 2 is 1.56 bits per heavy atom. The largest absolute Gasteiger partial charge is 0.393 e. The molecule has 0 aromatic heterocycles. The van der Waals surface area contributed by atoms with Gasteiger partial charge in [-0.2, -0.15) is 0 Å². The van der Waals surface area contributed by atoms with Gasteiger partial charge in [0.1, 0.15) is 5.78 Å². The Morgan fingerprint density at radius 1 is 0.906 bits per heavy atom. The molecule has 4 aliphatic carbocycles. The van der Waals surface area contributed by atoms with Gasteiger partial charge in [-0.3, -0.25) is 4.79 Å².